The van der Waals surface area contributed by atoms with Gasteiger partial charge >= 0.3 is 0 Å². The molecule has 94 valence electrons. The van der Waals surface area contributed by atoms with Crippen molar-refractivity contribution in [3.63, 3.8) is 0 Å². The van der Waals surface area contributed by atoms with Crippen molar-refractivity contribution in [1.29, 1.82) is 0 Å². The zero-order valence-electron chi connectivity index (χ0n) is 10.3. The first kappa shape index (κ1) is 12.7. The molecular weight excluding hydrogens is 248 g/mol. The molecule has 5 heteroatoms. The van der Waals surface area contributed by atoms with Gasteiger partial charge in [-0.1, -0.05) is 18.3 Å². The van der Waals surface area contributed by atoms with E-state index in [-0.39, 0.29) is 5.91 Å². The van der Waals surface area contributed by atoms with E-state index in [2.05, 4.69) is 11.6 Å². The Bertz CT molecular complexity index is 508. The van der Waals surface area contributed by atoms with E-state index in [0.717, 1.165) is 16.3 Å². The number of nitrogens with zero attached hydrogens (tertiary/aromatic N) is 2. The Morgan fingerprint density at radius 2 is 2.11 bits per heavy atom. The molecule has 1 saturated heterocycles. The van der Waals surface area contributed by atoms with Crippen molar-refractivity contribution in [3.05, 3.63) is 35.7 Å². The molecule has 0 N–H and O–H groups in total. The van der Waals surface area contributed by atoms with E-state index in [1.165, 1.54) is 18.7 Å². The number of aliphatic imine (C=N–C) groups is 1. The number of ether oxygens (including phenoxy) is 1. The van der Waals surface area contributed by atoms with E-state index < -0.39 is 0 Å². The first-order valence-corrected chi connectivity index (χ1v) is 6.28. The van der Waals surface area contributed by atoms with Crippen LogP contribution in [0.2, 0.25) is 0 Å². The molecule has 1 heterocycles. The Morgan fingerprint density at radius 1 is 1.44 bits per heavy atom. The molecule has 0 unspecified atom stereocenters. The van der Waals surface area contributed by atoms with Crippen molar-refractivity contribution in [2.75, 3.05) is 18.6 Å². The number of thioether (sulfide) groups is 1. The number of carbonyl (C=O) groups excluding carboxylic acids is 1. The fourth-order valence-corrected chi connectivity index (χ4v) is 2.55. The maximum Gasteiger partial charge on any atom is 0.244 e. The van der Waals surface area contributed by atoms with Gasteiger partial charge < -0.3 is 9.64 Å². The lowest BCUT2D eigenvalue weighted by Crippen LogP contribution is -2.23. The van der Waals surface area contributed by atoms with Gasteiger partial charge in [-0.3, -0.25) is 4.79 Å². The summed E-state index contributed by atoms with van der Waals surface area (Å²) in [5, 5.41) is 0.678. The fourth-order valence-electron chi connectivity index (χ4n) is 1.64. The van der Waals surface area contributed by atoms with Crippen LogP contribution in [0.3, 0.4) is 0 Å². The average Bonchev–Trinajstić information content (AvgIpc) is 2.69. The number of rotatable bonds is 2. The Labute approximate surface area is 110 Å². The van der Waals surface area contributed by atoms with E-state index in [1.807, 2.05) is 29.2 Å². The highest BCUT2D eigenvalue weighted by atomic mass is 32.2. The summed E-state index contributed by atoms with van der Waals surface area (Å²) in [5.74, 6) is 0.597. The molecule has 0 aliphatic carbocycles. The molecule has 4 nitrogen and oxygen atoms in total. The lowest BCUT2D eigenvalue weighted by atomic mass is 10.3. The SMILES string of the molecule is C=C1CN(c2ccc(OC)cc2)C(=NC(C)=O)S1. The summed E-state index contributed by atoms with van der Waals surface area (Å²) < 4.78 is 5.12. The molecule has 1 amide bonds. The molecule has 0 radical (unpaired) electrons. The Balaban J connectivity index is 2.29. The predicted molar refractivity (Wildman–Crippen MR) is 75.2 cm³/mol. The number of methoxy groups -OCH3 is 1. The molecule has 0 saturated carbocycles. The molecule has 0 aromatic heterocycles. The van der Waals surface area contributed by atoms with Crippen LogP contribution in [-0.4, -0.2) is 24.7 Å². The summed E-state index contributed by atoms with van der Waals surface area (Å²) >= 11 is 1.44. The summed E-state index contributed by atoms with van der Waals surface area (Å²) in [5.41, 5.74) is 0.974. The van der Waals surface area contributed by atoms with Gasteiger partial charge in [-0.05, 0) is 24.3 Å². The number of benzene rings is 1. The molecule has 1 aliphatic heterocycles. The standard InChI is InChI=1S/C13H14N2O2S/c1-9-8-15(13(18-9)14-10(2)16)11-4-6-12(17-3)7-5-11/h4-7H,1,8H2,2-3H3. The first-order valence-electron chi connectivity index (χ1n) is 5.46. The number of hydrogen-bond donors (Lipinski definition) is 0. The number of amidine groups is 1. The van der Waals surface area contributed by atoms with Gasteiger partial charge in [0.15, 0.2) is 5.17 Å². The normalized spacial score (nSPS) is 17.3. The lowest BCUT2D eigenvalue weighted by molar-refractivity contribution is -0.115. The third-order valence-corrected chi connectivity index (χ3v) is 3.35. The van der Waals surface area contributed by atoms with Crippen LogP contribution in [0, 0.1) is 0 Å². The molecule has 0 spiro atoms. The van der Waals surface area contributed by atoms with E-state index in [9.17, 15) is 4.79 Å². The van der Waals surface area contributed by atoms with Crippen molar-refractivity contribution in [2.45, 2.75) is 6.92 Å². The largest absolute Gasteiger partial charge is 0.497 e. The van der Waals surface area contributed by atoms with Crippen LogP contribution in [0.5, 0.6) is 5.75 Å². The van der Waals surface area contributed by atoms with E-state index >= 15 is 0 Å². The van der Waals surface area contributed by atoms with E-state index in [4.69, 9.17) is 4.74 Å². The third kappa shape index (κ3) is 2.73. The molecule has 18 heavy (non-hydrogen) atoms. The van der Waals surface area contributed by atoms with Gasteiger partial charge in [0.25, 0.3) is 0 Å². The van der Waals surface area contributed by atoms with Gasteiger partial charge in [0, 0.05) is 17.5 Å². The number of anilines is 1. The van der Waals surface area contributed by atoms with E-state index in [0.29, 0.717) is 11.7 Å². The number of carbonyl (C=O) groups is 1. The van der Waals surface area contributed by atoms with Crippen molar-refractivity contribution >= 4 is 28.5 Å². The van der Waals surface area contributed by atoms with Crippen LogP contribution in [0.25, 0.3) is 0 Å². The number of hydrogen-bond acceptors (Lipinski definition) is 3. The summed E-state index contributed by atoms with van der Waals surface area (Å²) in [6, 6.07) is 7.64. The summed E-state index contributed by atoms with van der Waals surface area (Å²) in [7, 11) is 1.63. The van der Waals surface area contributed by atoms with Crippen molar-refractivity contribution < 1.29 is 9.53 Å². The molecule has 0 bridgehead atoms. The van der Waals surface area contributed by atoms with Gasteiger partial charge in [-0.25, -0.2) is 0 Å². The third-order valence-electron chi connectivity index (χ3n) is 2.44. The zero-order valence-corrected chi connectivity index (χ0v) is 11.2. The Kier molecular flexibility index (Phi) is 3.72. The zero-order chi connectivity index (χ0) is 13.1. The van der Waals surface area contributed by atoms with Crippen LogP contribution < -0.4 is 9.64 Å². The van der Waals surface area contributed by atoms with Gasteiger partial charge in [-0.15, -0.1) is 0 Å². The second-order valence-corrected chi connectivity index (χ2v) is 4.98. The molecule has 1 aliphatic rings. The maximum absolute atomic E-state index is 11.1. The predicted octanol–water partition coefficient (Wildman–Crippen LogP) is 2.66. The van der Waals surface area contributed by atoms with Gasteiger partial charge in [0.2, 0.25) is 5.91 Å². The summed E-state index contributed by atoms with van der Waals surface area (Å²) in [6.45, 7) is 6.04. The molecule has 2 rings (SSSR count). The van der Waals surface area contributed by atoms with Crippen LogP contribution in [0.15, 0.2) is 40.7 Å². The van der Waals surface area contributed by atoms with Crippen molar-refractivity contribution in [3.8, 4) is 5.75 Å². The Morgan fingerprint density at radius 3 is 2.67 bits per heavy atom. The molecular formula is C13H14N2O2S. The summed E-state index contributed by atoms with van der Waals surface area (Å²) in [6.07, 6.45) is 0. The maximum atomic E-state index is 11.1. The van der Waals surface area contributed by atoms with Gasteiger partial charge in [0.05, 0.1) is 13.7 Å². The molecule has 1 aromatic carbocycles. The second-order valence-electron chi connectivity index (χ2n) is 3.84. The second kappa shape index (κ2) is 5.27. The monoisotopic (exact) mass is 262 g/mol. The highest BCUT2D eigenvalue weighted by Gasteiger charge is 2.24. The lowest BCUT2D eigenvalue weighted by Gasteiger charge is -2.17. The van der Waals surface area contributed by atoms with E-state index in [1.54, 1.807) is 7.11 Å². The van der Waals surface area contributed by atoms with Gasteiger partial charge in [0.1, 0.15) is 5.75 Å². The first-order chi connectivity index (χ1) is 8.60. The fraction of sp³-hybridized carbons (Fsp3) is 0.231. The van der Waals surface area contributed by atoms with Crippen molar-refractivity contribution in [2.24, 2.45) is 4.99 Å². The van der Waals surface area contributed by atoms with Crippen LogP contribution in [0.4, 0.5) is 5.69 Å². The van der Waals surface area contributed by atoms with Crippen LogP contribution >= 0.6 is 11.8 Å². The quantitative estimate of drug-likeness (QED) is 0.821. The summed E-state index contributed by atoms with van der Waals surface area (Å²) in [4.78, 5) is 18.1. The number of amides is 1. The van der Waals surface area contributed by atoms with Crippen molar-refractivity contribution in [1.82, 2.24) is 0 Å². The minimum Gasteiger partial charge on any atom is -0.497 e. The highest BCUT2D eigenvalue weighted by molar-refractivity contribution is 8.18. The minimum absolute atomic E-state index is 0.203. The van der Waals surface area contributed by atoms with Crippen LogP contribution in [-0.2, 0) is 4.79 Å². The van der Waals surface area contributed by atoms with Gasteiger partial charge in [-0.2, -0.15) is 4.99 Å². The smallest absolute Gasteiger partial charge is 0.244 e. The van der Waals surface area contributed by atoms with Crippen LogP contribution in [0.1, 0.15) is 6.92 Å². The Hall–Kier alpha value is -1.75. The topological polar surface area (TPSA) is 41.9 Å². The average molecular weight is 262 g/mol. The minimum atomic E-state index is -0.203. The highest BCUT2D eigenvalue weighted by Crippen LogP contribution is 2.33. The molecule has 1 aromatic rings. The molecule has 1 fully saturated rings. The molecule has 0 atom stereocenters.